The molecular weight excluding hydrogens is 603 g/mol. The maximum Gasteiger partial charge on any atom is 0.294 e. The predicted molar refractivity (Wildman–Crippen MR) is 147 cm³/mol. The smallest absolute Gasteiger partial charge is 0.289 e. The summed E-state index contributed by atoms with van der Waals surface area (Å²) in [5, 5.41) is 12.0. The molecule has 4 aromatic rings. The van der Waals surface area contributed by atoms with Crippen LogP contribution < -0.4 is 0 Å². The van der Waals surface area contributed by atoms with Crippen LogP contribution in [0, 0.1) is 0 Å². The first kappa shape index (κ1) is 29.6. The van der Waals surface area contributed by atoms with Crippen LogP contribution in [-0.2, 0) is 19.5 Å². The third-order valence-electron chi connectivity index (χ3n) is 5.60. The minimum atomic E-state index is -4.55. The van der Waals surface area contributed by atoms with Gasteiger partial charge in [-0.3, -0.25) is 18.9 Å². The topological polar surface area (TPSA) is 144 Å². The van der Waals surface area contributed by atoms with E-state index in [9.17, 15) is 27.4 Å². The zero-order chi connectivity index (χ0) is 29.0. The van der Waals surface area contributed by atoms with E-state index in [1.807, 2.05) is 0 Å². The Morgan fingerprint density at radius 3 is 1.70 bits per heavy atom. The molecule has 0 aliphatic carbocycles. The molecule has 0 aromatic heterocycles. The molecule has 40 heavy (non-hydrogen) atoms. The number of carbonyl (C=O) groups is 3. The van der Waals surface area contributed by atoms with Gasteiger partial charge in [-0.1, -0.05) is 52.5 Å². The van der Waals surface area contributed by atoms with Crippen molar-refractivity contribution in [1.29, 1.82) is 0 Å². The van der Waals surface area contributed by atoms with E-state index >= 15 is 0 Å². The van der Waals surface area contributed by atoms with E-state index in [2.05, 4.69) is 9.37 Å². The van der Waals surface area contributed by atoms with Crippen molar-refractivity contribution in [2.75, 3.05) is 0 Å². The number of hydrogen-bond donors (Lipinski definition) is 2. The van der Waals surface area contributed by atoms with Gasteiger partial charge in [-0.05, 0) is 60.7 Å². The summed E-state index contributed by atoms with van der Waals surface area (Å²) in [7, 11) is -4.55. The average Bonchev–Trinajstić information content (AvgIpc) is 2.95. The van der Waals surface area contributed by atoms with Crippen LogP contribution in [-0.4, -0.2) is 35.6 Å². The monoisotopic (exact) mass is 618 g/mol. The van der Waals surface area contributed by atoms with Crippen molar-refractivity contribution in [1.82, 2.24) is 0 Å². The molecule has 4 rings (SSSR count). The summed E-state index contributed by atoms with van der Waals surface area (Å²) >= 11 is 13.2. The Bertz CT molecular complexity index is 1750. The molecule has 0 amide bonds. The molecule has 0 unspecified atom stereocenters. The predicted octanol–water partition coefficient (Wildman–Crippen LogP) is 6.36. The van der Waals surface area contributed by atoms with Gasteiger partial charge in [-0.15, -0.1) is 4.33 Å². The van der Waals surface area contributed by atoms with Crippen molar-refractivity contribution < 1.29 is 42.0 Å². The molecule has 0 heterocycles. The van der Waals surface area contributed by atoms with Crippen LogP contribution >= 0.6 is 35.2 Å². The Labute approximate surface area is 242 Å². The maximum atomic E-state index is 13.4. The van der Waals surface area contributed by atoms with Crippen LogP contribution in [0.5, 0.6) is 0 Å². The second-order valence-electron chi connectivity index (χ2n) is 8.13. The van der Waals surface area contributed by atoms with Crippen molar-refractivity contribution in [3.8, 4) is 0 Å². The fourth-order valence-electron chi connectivity index (χ4n) is 3.70. The highest BCUT2D eigenvalue weighted by molar-refractivity contribution is 7.94. The highest BCUT2D eigenvalue weighted by Gasteiger charge is 2.21. The molecule has 0 fully saturated rings. The van der Waals surface area contributed by atoms with Crippen molar-refractivity contribution in [3.63, 3.8) is 0 Å². The van der Waals surface area contributed by atoms with E-state index in [1.165, 1.54) is 60.7 Å². The van der Waals surface area contributed by atoms with Gasteiger partial charge in [0.25, 0.3) is 10.1 Å². The SMILES string of the molecule is O=C(c1ccc(Cl)c(C(=O)c2cccc(SOOO)c2)c1)c1ccc(Cl)c(C(=O)c2cccc(S(=O)(=O)O)c2)c1. The van der Waals surface area contributed by atoms with Gasteiger partial charge in [0.15, 0.2) is 17.3 Å². The van der Waals surface area contributed by atoms with Gasteiger partial charge in [0.05, 0.1) is 27.0 Å². The molecule has 4 aromatic carbocycles. The third kappa shape index (κ3) is 6.66. The van der Waals surface area contributed by atoms with Gasteiger partial charge in [-0.25, -0.2) is 5.26 Å². The molecule has 0 saturated heterocycles. The lowest BCUT2D eigenvalue weighted by atomic mass is 9.95. The van der Waals surface area contributed by atoms with E-state index < -0.39 is 32.4 Å². The molecule has 0 aliphatic rings. The molecule has 0 aliphatic heterocycles. The molecule has 13 heteroatoms. The Kier molecular flexibility index (Phi) is 9.19. The lowest BCUT2D eigenvalue weighted by molar-refractivity contribution is -0.432. The molecule has 0 bridgehead atoms. The summed E-state index contributed by atoms with van der Waals surface area (Å²) in [6, 6.07) is 19.1. The van der Waals surface area contributed by atoms with Crippen LogP contribution in [0.4, 0.5) is 0 Å². The molecule has 2 N–H and O–H groups in total. The average molecular weight is 619 g/mol. The fraction of sp³-hybridized carbons (Fsp3) is 0. The van der Waals surface area contributed by atoms with Gasteiger partial charge in [0, 0.05) is 38.3 Å². The summed E-state index contributed by atoms with van der Waals surface area (Å²) in [4.78, 5) is 39.7. The molecule has 0 saturated carbocycles. The summed E-state index contributed by atoms with van der Waals surface area (Å²) in [6.07, 6.45) is 0. The number of benzene rings is 4. The van der Waals surface area contributed by atoms with E-state index in [4.69, 9.17) is 28.5 Å². The lowest BCUT2D eigenvalue weighted by Gasteiger charge is -2.10. The fourth-order valence-corrected chi connectivity index (χ4v) is 5.05. The number of ketones is 3. The first-order valence-corrected chi connectivity index (χ1v) is 14.0. The van der Waals surface area contributed by atoms with Crippen molar-refractivity contribution in [2.24, 2.45) is 0 Å². The highest BCUT2D eigenvalue weighted by Crippen LogP contribution is 2.27. The summed E-state index contributed by atoms with van der Waals surface area (Å²) in [5.41, 5.74) is 0.292. The minimum Gasteiger partial charge on any atom is -0.289 e. The van der Waals surface area contributed by atoms with Gasteiger partial charge >= 0.3 is 0 Å². The standard InChI is InChI=1S/C27H16Cl2O9S2/c28-23-9-7-17(13-21(23)26(31)15-3-1-5-19(11-15)39-38-37-33)25(30)18-8-10-24(29)22(14-18)27(32)16-4-2-6-20(12-16)40(34,35)36/h1-14,33H,(H,34,35,36). The normalized spacial score (nSPS) is 11.3. The first-order chi connectivity index (χ1) is 19.0. The second-order valence-corrected chi connectivity index (χ2v) is 11.1. The number of halogens is 2. The Morgan fingerprint density at radius 2 is 1.18 bits per heavy atom. The zero-order valence-electron chi connectivity index (χ0n) is 19.9. The van der Waals surface area contributed by atoms with Crippen LogP contribution in [0.15, 0.2) is 94.7 Å². The van der Waals surface area contributed by atoms with Crippen molar-refractivity contribution in [3.05, 3.63) is 128 Å². The van der Waals surface area contributed by atoms with Gasteiger partial charge in [-0.2, -0.15) is 8.42 Å². The minimum absolute atomic E-state index is 0.0131. The molecule has 204 valence electrons. The van der Waals surface area contributed by atoms with Crippen molar-refractivity contribution >= 4 is 62.7 Å². The van der Waals surface area contributed by atoms with Crippen LogP contribution in [0.25, 0.3) is 0 Å². The van der Waals surface area contributed by atoms with Crippen LogP contribution in [0.3, 0.4) is 0 Å². The number of rotatable bonds is 10. The quantitative estimate of drug-likeness (QED) is 0.0676. The molecule has 0 atom stereocenters. The van der Waals surface area contributed by atoms with E-state index in [1.54, 1.807) is 12.1 Å². The first-order valence-electron chi connectivity index (χ1n) is 11.0. The van der Waals surface area contributed by atoms with E-state index in [0.717, 1.165) is 12.1 Å². The summed E-state index contributed by atoms with van der Waals surface area (Å²) in [6.45, 7) is 0. The molecular formula is C27H16Cl2O9S2. The lowest BCUT2D eigenvalue weighted by Crippen LogP contribution is -2.09. The second kappa shape index (κ2) is 12.4. The molecule has 0 spiro atoms. The van der Waals surface area contributed by atoms with Crippen LogP contribution in [0.1, 0.15) is 47.8 Å². The third-order valence-corrected chi connectivity index (χ3v) is 7.68. The zero-order valence-corrected chi connectivity index (χ0v) is 23.1. The summed E-state index contributed by atoms with van der Waals surface area (Å²) < 4.78 is 36.6. The van der Waals surface area contributed by atoms with Crippen molar-refractivity contribution in [2.45, 2.75) is 9.79 Å². The maximum absolute atomic E-state index is 13.4. The van der Waals surface area contributed by atoms with Gasteiger partial charge < -0.3 is 0 Å². The Morgan fingerprint density at radius 1 is 0.675 bits per heavy atom. The number of hydrogen-bond acceptors (Lipinski definition) is 9. The Hall–Kier alpha value is -3.39. The molecule has 9 nitrogen and oxygen atoms in total. The largest absolute Gasteiger partial charge is 0.294 e. The van der Waals surface area contributed by atoms with E-state index in [-0.39, 0.29) is 43.4 Å². The highest BCUT2D eigenvalue weighted by atomic mass is 35.5. The van der Waals surface area contributed by atoms with Gasteiger partial charge in [0.2, 0.25) is 0 Å². The Balaban J connectivity index is 1.66. The molecule has 0 radical (unpaired) electrons. The van der Waals surface area contributed by atoms with E-state index in [0.29, 0.717) is 16.9 Å². The number of carbonyl (C=O) groups excluding carboxylic acids is 3. The van der Waals surface area contributed by atoms with Gasteiger partial charge in [0.1, 0.15) is 0 Å². The summed E-state index contributed by atoms with van der Waals surface area (Å²) in [5.74, 6) is -1.70. The van der Waals surface area contributed by atoms with Crippen LogP contribution in [0.2, 0.25) is 10.0 Å².